The van der Waals surface area contributed by atoms with Crippen LogP contribution in [-0.4, -0.2) is 56.2 Å². The van der Waals surface area contributed by atoms with Crippen molar-refractivity contribution in [1.29, 1.82) is 5.26 Å². The molecule has 3 aromatic rings. The molecule has 2 aromatic carbocycles. The number of carbonyl (C=O) groups is 3. The Morgan fingerprint density at radius 2 is 1.93 bits per heavy atom. The summed E-state index contributed by atoms with van der Waals surface area (Å²) in [5, 5.41) is 12.0. The second-order valence-electron chi connectivity index (χ2n) is 10.9. The molecule has 2 fully saturated rings. The van der Waals surface area contributed by atoms with Gasteiger partial charge in [0.2, 0.25) is 11.8 Å². The highest BCUT2D eigenvalue weighted by Crippen LogP contribution is 2.36. The Hall–Kier alpha value is -4.36. The van der Waals surface area contributed by atoms with Crippen molar-refractivity contribution in [3.05, 3.63) is 82.2 Å². The standard InChI is InChI=1S/C30H29FN6O3/c1-18-14-36(17-33-18)26-3-2-19(10-21(26)13-32)15-35-8-6-20(7-9-35)23-11-22-16-37(30(40)24(22)12-25(23)31)27-4-5-28(38)34-29(27)39/h2-3,10-12,14,17,20,27H,4-9,15-16H2,1H3,(H,34,38,39). The lowest BCUT2D eigenvalue weighted by molar-refractivity contribution is -0.136. The molecule has 2 saturated heterocycles. The van der Waals surface area contributed by atoms with E-state index in [-0.39, 0.29) is 42.9 Å². The summed E-state index contributed by atoms with van der Waals surface area (Å²) in [7, 11) is 0. The highest BCUT2D eigenvalue weighted by Gasteiger charge is 2.40. The second kappa shape index (κ2) is 10.3. The Bertz CT molecular complexity index is 1570. The molecule has 3 amide bonds. The molecule has 9 nitrogen and oxygen atoms in total. The van der Waals surface area contributed by atoms with Gasteiger partial charge in [-0.1, -0.05) is 12.1 Å². The van der Waals surface area contributed by atoms with Crippen LogP contribution >= 0.6 is 0 Å². The average Bonchev–Trinajstić information content (AvgIpc) is 3.51. The van der Waals surface area contributed by atoms with E-state index in [0.717, 1.165) is 48.4 Å². The molecular weight excluding hydrogens is 511 g/mol. The first-order valence-corrected chi connectivity index (χ1v) is 13.5. The van der Waals surface area contributed by atoms with Crippen LogP contribution in [0.25, 0.3) is 5.69 Å². The summed E-state index contributed by atoms with van der Waals surface area (Å²) in [5.41, 5.74) is 4.96. The number of fused-ring (bicyclic) bond motifs is 1. The number of aryl methyl sites for hydroxylation is 1. The molecular formula is C30H29FN6O3. The van der Waals surface area contributed by atoms with Crippen LogP contribution < -0.4 is 5.32 Å². The number of nitrogens with one attached hydrogen (secondary N) is 1. The largest absolute Gasteiger partial charge is 0.322 e. The number of imide groups is 1. The number of imidazole rings is 1. The molecule has 0 radical (unpaired) electrons. The molecule has 3 aliphatic heterocycles. The van der Waals surface area contributed by atoms with Crippen molar-refractivity contribution >= 4 is 17.7 Å². The molecule has 1 aromatic heterocycles. The van der Waals surface area contributed by atoms with Gasteiger partial charge in [-0.2, -0.15) is 5.26 Å². The summed E-state index contributed by atoms with van der Waals surface area (Å²) >= 11 is 0. The number of rotatable bonds is 5. The van der Waals surface area contributed by atoms with Crippen LogP contribution in [0, 0.1) is 24.1 Å². The van der Waals surface area contributed by atoms with Crippen LogP contribution in [0.2, 0.25) is 0 Å². The van der Waals surface area contributed by atoms with Gasteiger partial charge in [-0.25, -0.2) is 9.37 Å². The van der Waals surface area contributed by atoms with Gasteiger partial charge in [-0.3, -0.25) is 24.6 Å². The quantitative estimate of drug-likeness (QED) is 0.497. The van der Waals surface area contributed by atoms with Gasteiger partial charge in [0.25, 0.3) is 5.91 Å². The Balaban J connectivity index is 1.11. The van der Waals surface area contributed by atoms with Gasteiger partial charge in [0.1, 0.15) is 17.9 Å². The van der Waals surface area contributed by atoms with Crippen LogP contribution in [0.5, 0.6) is 0 Å². The van der Waals surface area contributed by atoms with E-state index >= 15 is 4.39 Å². The predicted molar refractivity (Wildman–Crippen MR) is 143 cm³/mol. The fourth-order valence-electron chi connectivity index (χ4n) is 6.13. The third-order valence-corrected chi connectivity index (χ3v) is 8.25. The zero-order chi connectivity index (χ0) is 28.0. The van der Waals surface area contributed by atoms with Crippen molar-refractivity contribution in [1.82, 2.24) is 24.7 Å². The Morgan fingerprint density at radius 3 is 2.62 bits per heavy atom. The predicted octanol–water partition coefficient (Wildman–Crippen LogP) is 3.33. The maximum absolute atomic E-state index is 15.3. The minimum absolute atomic E-state index is 0.0304. The number of nitriles is 1. The van der Waals surface area contributed by atoms with Gasteiger partial charge in [-0.15, -0.1) is 0 Å². The molecule has 0 bridgehead atoms. The lowest BCUT2D eigenvalue weighted by Gasteiger charge is -2.32. The SMILES string of the molecule is Cc1cn(-c2ccc(CN3CCC(c4cc5c(cc4F)C(=O)N(C4CCC(=O)NC4=O)C5)CC3)cc2C#N)cn1. The van der Waals surface area contributed by atoms with Crippen molar-refractivity contribution in [2.45, 2.75) is 57.7 Å². The van der Waals surface area contributed by atoms with Gasteiger partial charge >= 0.3 is 0 Å². The second-order valence-corrected chi connectivity index (χ2v) is 10.9. The van der Waals surface area contributed by atoms with Crippen LogP contribution in [0.1, 0.15) is 69.9 Å². The lowest BCUT2D eigenvalue weighted by Crippen LogP contribution is -2.52. The molecule has 1 N–H and O–H groups in total. The van der Waals surface area contributed by atoms with Crippen molar-refractivity contribution in [2.24, 2.45) is 0 Å². The van der Waals surface area contributed by atoms with Crippen molar-refractivity contribution in [2.75, 3.05) is 13.1 Å². The first-order chi connectivity index (χ1) is 19.3. The summed E-state index contributed by atoms with van der Waals surface area (Å²) < 4.78 is 17.1. The van der Waals surface area contributed by atoms with E-state index in [2.05, 4.69) is 21.3 Å². The van der Waals surface area contributed by atoms with Crippen LogP contribution in [0.4, 0.5) is 4.39 Å². The number of hydrogen-bond acceptors (Lipinski definition) is 6. The fraction of sp³-hybridized carbons (Fsp3) is 0.367. The smallest absolute Gasteiger partial charge is 0.255 e. The van der Waals surface area contributed by atoms with Crippen LogP contribution in [0.3, 0.4) is 0 Å². The normalized spacial score (nSPS) is 20.0. The number of aromatic nitrogens is 2. The molecule has 6 rings (SSSR count). The average molecular weight is 541 g/mol. The lowest BCUT2D eigenvalue weighted by atomic mass is 9.87. The van der Waals surface area contributed by atoms with E-state index < -0.39 is 11.9 Å². The number of benzene rings is 2. The number of carbonyl (C=O) groups excluding carboxylic acids is 3. The van der Waals surface area contributed by atoms with Gasteiger partial charge < -0.3 is 9.47 Å². The summed E-state index contributed by atoms with van der Waals surface area (Å²) in [4.78, 5) is 44.8. The summed E-state index contributed by atoms with van der Waals surface area (Å²) in [6.45, 7) is 4.42. The van der Waals surface area contributed by atoms with Gasteiger partial charge in [-0.05, 0) is 80.1 Å². The zero-order valence-electron chi connectivity index (χ0n) is 22.2. The Morgan fingerprint density at radius 1 is 1.12 bits per heavy atom. The minimum Gasteiger partial charge on any atom is -0.322 e. The number of amides is 3. The Labute approximate surface area is 231 Å². The van der Waals surface area contributed by atoms with Gasteiger partial charge in [0.15, 0.2) is 0 Å². The molecule has 10 heteroatoms. The van der Waals surface area contributed by atoms with E-state index in [9.17, 15) is 19.6 Å². The summed E-state index contributed by atoms with van der Waals surface area (Å²) in [6.07, 6.45) is 5.61. The van der Waals surface area contributed by atoms with Crippen molar-refractivity contribution < 1.29 is 18.8 Å². The molecule has 3 aliphatic rings. The molecule has 40 heavy (non-hydrogen) atoms. The molecule has 0 saturated carbocycles. The maximum Gasteiger partial charge on any atom is 0.255 e. The number of piperidine rings is 2. The molecule has 1 atom stereocenters. The first-order valence-electron chi connectivity index (χ1n) is 13.5. The molecule has 1 unspecified atom stereocenters. The van der Waals surface area contributed by atoms with Crippen molar-refractivity contribution in [3.8, 4) is 11.8 Å². The van der Waals surface area contributed by atoms with E-state index in [1.807, 2.05) is 35.9 Å². The summed E-state index contributed by atoms with van der Waals surface area (Å²) in [6, 6.07) is 10.6. The van der Waals surface area contributed by atoms with Crippen LogP contribution in [-0.2, 0) is 22.7 Å². The van der Waals surface area contributed by atoms with Crippen molar-refractivity contribution in [3.63, 3.8) is 0 Å². The van der Waals surface area contributed by atoms with E-state index in [1.54, 1.807) is 12.4 Å². The van der Waals surface area contributed by atoms with E-state index in [0.29, 0.717) is 23.2 Å². The number of hydrogen-bond donors (Lipinski definition) is 1. The topological polar surface area (TPSA) is 111 Å². The fourth-order valence-corrected chi connectivity index (χ4v) is 6.13. The van der Waals surface area contributed by atoms with E-state index in [4.69, 9.17) is 0 Å². The third kappa shape index (κ3) is 4.77. The number of halogens is 1. The molecule has 4 heterocycles. The summed E-state index contributed by atoms with van der Waals surface area (Å²) in [5.74, 6) is -1.53. The zero-order valence-corrected chi connectivity index (χ0v) is 22.2. The third-order valence-electron chi connectivity index (χ3n) is 8.25. The highest BCUT2D eigenvalue weighted by atomic mass is 19.1. The van der Waals surface area contributed by atoms with Gasteiger partial charge in [0.05, 0.1) is 23.3 Å². The molecule has 204 valence electrons. The van der Waals surface area contributed by atoms with Gasteiger partial charge in [0, 0.05) is 31.3 Å². The highest BCUT2D eigenvalue weighted by molar-refractivity contribution is 6.05. The monoisotopic (exact) mass is 540 g/mol. The molecule has 0 spiro atoms. The molecule has 0 aliphatic carbocycles. The number of likely N-dealkylation sites (tertiary alicyclic amines) is 1. The number of nitrogens with zero attached hydrogens (tertiary/aromatic N) is 5. The van der Waals surface area contributed by atoms with Crippen LogP contribution in [0.15, 0.2) is 42.9 Å². The first kappa shape index (κ1) is 25.9. The Kier molecular flexibility index (Phi) is 6.68. The maximum atomic E-state index is 15.3. The minimum atomic E-state index is -0.716. The van der Waals surface area contributed by atoms with E-state index in [1.165, 1.54) is 11.0 Å².